The summed E-state index contributed by atoms with van der Waals surface area (Å²) in [6.07, 6.45) is 0. The molecule has 0 spiro atoms. The zero-order valence-corrected chi connectivity index (χ0v) is 6.14. The summed E-state index contributed by atoms with van der Waals surface area (Å²) < 4.78 is 4.12. The zero-order chi connectivity index (χ0) is 10.0. The van der Waals surface area contributed by atoms with Crippen molar-refractivity contribution in [3.05, 3.63) is 17.0 Å². The van der Waals surface area contributed by atoms with E-state index in [1.807, 2.05) is 0 Å². The summed E-state index contributed by atoms with van der Waals surface area (Å²) in [5.41, 5.74) is -1.19. The van der Waals surface area contributed by atoms with Gasteiger partial charge in [0.25, 0.3) is 0 Å². The first kappa shape index (κ1) is 9.20. The number of carbonyl (C=O) groups is 2. The van der Waals surface area contributed by atoms with E-state index in [0.717, 1.165) is 0 Å². The van der Waals surface area contributed by atoms with Crippen molar-refractivity contribution < 1.29 is 29.4 Å². The van der Waals surface area contributed by atoms with Gasteiger partial charge in [-0.3, -0.25) is 0 Å². The van der Waals surface area contributed by atoms with Crippen LogP contribution in [0.5, 0.6) is 0 Å². The number of hydrogen-bond donors (Lipinski definition) is 1. The number of hydrogen-bond acceptors (Lipinski definition) is 7. The second kappa shape index (κ2) is 3.23. The van der Waals surface area contributed by atoms with Gasteiger partial charge < -0.3 is 29.4 Å². The minimum absolute atomic E-state index is 0.404. The molecule has 0 aliphatic rings. The number of carboxylic acids is 2. The molecule has 7 heteroatoms. The van der Waals surface area contributed by atoms with Crippen molar-refractivity contribution in [3.8, 4) is 0 Å². The summed E-state index contributed by atoms with van der Waals surface area (Å²) in [6, 6.07) is 0. The number of nitrogens with zero attached hydrogens (tertiary/aromatic N) is 1. The maximum absolute atomic E-state index is 10.4. The highest BCUT2D eigenvalue weighted by atomic mass is 16.5. The molecule has 0 bridgehead atoms. The predicted molar refractivity (Wildman–Crippen MR) is 31.1 cm³/mol. The third-order valence-corrected chi connectivity index (χ3v) is 1.30. The molecule has 0 aliphatic heterocycles. The van der Waals surface area contributed by atoms with Crippen molar-refractivity contribution in [2.45, 2.75) is 6.61 Å². The fourth-order valence-electron chi connectivity index (χ4n) is 0.781. The van der Waals surface area contributed by atoms with Crippen molar-refractivity contribution in [1.82, 2.24) is 5.16 Å². The maximum atomic E-state index is 10.4. The van der Waals surface area contributed by atoms with Gasteiger partial charge in [-0.25, -0.2) is 0 Å². The number of aliphatic hydroxyl groups is 1. The Labute approximate surface area is 71.2 Å². The SMILES string of the molecule is O=C([O-])c1onc(CO)c1C(=O)[O-]. The van der Waals surface area contributed by atoms with Gasteiger partial charge in [0.2, 0.25) is 0 Å². The number of aromatic nitrogens is 1. The smallest absolute Gasteiger partial charge is 0.191 e. The number of aliphatic hydroxyl groups excluding tert-OH is 1. The lowest BCUT2D eigenvalue weighted by Gasteiger charge is -2.02. The van der Waals surface area contributed by atoms with Gasteiger partial charge in [0.05, 0.1) is 18.1 Å². The molecule has 0 aromatic carbocycles. The topological polar surface area (TPSA) is 127 Å². The Morgan fingerprint density at radius 1 is 1.38 bits per heavy atom. The third kappa shape index (κ3) is 1.49. The van der Waals surface area contributed by atoms with Crippen LogP contribution >= 0.6 is 0 Å². The van der Waals surface area contributed by atoms with Crippen LogP contribution in [-0.4, -0.2) is 22.2 Å². The Bertz CT molecular complexity index is 354. The van der Waals surface area contributed by atoms with Gasteiger partial charge in [-0.15, -0.1) is 0 Å². The lowest BCUT2D eigenvalue weighted by Crippen LogP contribution is -2.29. The second-order valence-corrected chi connectivity index (χ2v) is 2.07. The first-order chi connectivity index (χ1) is 6.07. The molecule has 0 unspecified atom stereocenters. The van der Waals surface area contributed by atoms with E-state index in [2.05, 4.69) is 9.68 Å². The standard InChI is InChI=1S/C6H5NO6/c8-1-2-3(5(9)10)4(6(11)12)13-7-2/h8H,1H2,(H,9,10)(H,11,12)/p-2. The first-order valence-corrected chi connectivity index (χ1v) is 3.10. The van der Waals surface area contributed by atoms with E-state index in [9.17, 15) is 19.8 Å². The van der Waals surface area contributed by atoms with Crippen LogP contribution in [0.15, 0.2) is 4.52 Å². The molecular formula is C6H3NO6-2. The Morgan fingerprint density at radius 2 is 2.00 bits per heavy atom. The number of aromatic carboxylic acids is 2. The fourth-order valence-corrected chi connectivity index (χ4v) is 0.781. The molecule has 0 amide bonds. The summed E-state index contributed by atoms with van der Waals surface area (Å²) in [7, 11) is 0. The van der Waals surface area contributed by atoms with Gasteiger partial charge in [-0.05, 0) is 0 Å². The molecule has 1 heterocycles. The van der Waals surface area contributed by atoms with E-state index >= 15 is 0 Å². The highest BCUT2D eigenvalue weighted by Crippen LogP contribution is 2.12. The van der Waals surface area contributed by atoms with E-state index in [0.29, 0.717) is 0 Å². The van der Waals surface area contributed by atoms with Crippen LogP contribution in [0.1, 0.15) is 26.6 Å². The fraction of sp³-hybridized carbons (Fsp3) is 0.167. The highest BCUT2D eigenvalue weighted by molar-refractivity contribution is 5.98. The lowest BCUT2D eigenvalue weighted by atomic mass is 10.2. The molecular weight excluding hydrogens is 182 g/mol. The highest BCUT2D eigenvalue weighted by Gasteiger charge is 2.16. The van der Waals surface area contributed by atoms with Crippen molar-refractivity contribution in [3.63, 3.8) is 0 Å². The Balaban J connectivity index is 3.30. The van der Waals surface area contributed by atoms with Crippen molar-refractivity contribution in [2.24, 2.45) is 0 Å². The van der Waals surface area contributed by atoms with E-state index < -0.39 is 35.6 Å². The Hall–Kier alpha value is -1.89. The van der Waals surface area contributed by atoms with Crippen LogP contribution < -0.4 is 10.2 Å². The maximum Gasteiger partial charge on any atom is 0.191 e. The molecule has 7 nitrogen and oxygen atoms in total. The average molecular weight is 185 g/mol. The quantitative estimate of drug-likeness (QED) is 0.528. The van der Waals surface area contributed by atoms with Crippen LogP contribution in [0.2, 0.25) is 0 Å². The van der Waals surface area contributed by atoms with E-state index in [1.54, 1.807) is 0 Å². The monoisotopic (exact) mass is 185 g/mol. The normalized spacial score (nSPS) is 9.92. The molecule has 1 aromatic heterocycles. The van der Waals surface area contributed by atoms with Crippen LogP contribution in [-0.2, 0) is 6.61 Å². The van der Waals surface area contributed by atoms with Crippen molar-refractivity contribution in [2.75, 3.05) is 0 Å². The van der Waals surface area contributed by atoms with Gasteiger partial charge in [0.15, 0.2) is 5.76 Å². The number of carboxylic acid groups (broad SMARTS) is 2. The van der Waals surface area contributed by atoms with E-state index in [1.165, 1.54) is 0 Å². The van der Waals surface area contributed by atoms with Gasteiger partial charge in [0.1, 0.15) is 11.7 Å². The van der Waals surface area contributed by atoms with Crippen LogP contribution in [0.4, 0.5) is 0 Å². The summed E-state index contributed by atoms with van der Waals surface area (Å²) >= 11 is 0. The lowest BCUT2D eigenvalue weighted by molar-refractivity contribution is -0.261. The molecule has 0 atom stereocenters. The second-order valence-electron chi connectivity index (χ2n) is 2.07. The molecule has 0 aliphatic carbocycles. The van der Waals surface area contributed by atoms with Gasteiger partial charge in [0, 0.05) is 0 Å². The van der Waals surface area contributed by atoms with Crippen molar-refractivity contribution >= 4 is 11.9 Å². The molecule has 0 saturated carbocycles. The molecule has 0 saturated heterocycles. The summed E-state index contributed by atoms with van der Waals surface area (Å²) in [4.78, 5) is 20.6. The largest absolute Gasteiger partial charge is 0.545 e. The van der Waals surface area contributed by atoms with Gasteiger partial charge in [-0.2, -0.15) is 0 Å². The third-order valence-electron chi connectivity index (χ3n) is 1.30. The van der Waals surface area contributed by atoms with E-state index in [4.69, 9.17) is 5.11 Å². The molecule has 1 aromatic rings. The predicted octanol–water partition coefficient (Wildman–Crippen LogP) is -3.11. The van der Waals surface area contributed by atoms with Crippen molar-refractivity contribution in [1.29, 1.82) is 0 Å². The molecule has 70 valence electrons. The van der Waals surface area contributed by atoms with Crippen LogP contribution in [0, 0.1) is 0 Å². The van der Waals surface area contributed by atoms with Gasteiger partial charge >= 0.3 is 0 Å². The molecule has 0 radical (unpaired) electrons. The average Bonchev–Trinajstić information content (AvgIpc) is 2.46. The number of carbonyl (C=O) groups excluding carboxylic acids is 2. The van der Waals surface area contributed by atoms with Crippen LogP contribution in [0.3, 0.4) is 0 Å². The number of rotatable bonds is 3. The van der Waals surface area contributed by atoms with Crippen LogP contribution in [0.25, 0.3) is 0 Å². The molecule has 1 rings (SSSR count). The summed E-state index contributed by atoms with van der Waals surface area (Å²) in [6.45, 7) is -0.750. The molecule has 0 fully saturated rings. The summed E-state index contributed by atoms with van der Waals surface area (Å²) in [5, 5.41) is 32.1. The zero-order valence-electron chi connectivity index (χ0n) is 6.14. The van der Waals surface area contributed by atoms with E-state index in [-0.39, 0.29) is 0 Å². The molecule has 13 heavy (non-hydrogen) atoms. The Kier molecular flexibility index (Phi) is 2.29. The minimum atomic E-state index is -1.83. The minimum Gasteiger partial charge on any atom is -0.545 e. The van der Waals surface area contributed by atoms with Gasteiger partial charge in [-0.1, -0.05) is 5.16 Å². The Morgan fingerprint density at radius 3 is 2.38 bits per heavy atom. The summed E-state index contributed by atoms with van der Waals surface area (Å²) in [5.74, 6) is -4.57. The molecule has 1 N–H and O–H groups in total. The first-order valence-electron chi connectivity index (χ1n) is 3.10.